The number of H-pyrrole nitrogens is 1. The van der Waals surface area contributed by atoms with E-state index in [-0.39, 0.29) is 5.91 Å². The minimum atomic E-state index is -0.243. The molecule has 4 rings (SSSR count). The third-order valence-corrected chi connectivity index (χ3v) is 5.05. The summed E-state index contributed by atoms with van der Waals surface area (Å²) in [5.74, 6) is 0.429. The van der Waals surface area contributed by atoms with Crippen LogP contribution in [0, 0.1) is 20.8 Å². The lowest BCUT2D eigenvalue weighted by molar-refractivity contribution is -0.116. The third-order valence-electron chi connectivity index (χ3n) is 5.05. The van der Waals surface area contributed by atoms with E-state index in [2.05, 4.69) is 39.4 Å². The number of aryl methyl sites for hydroxylation is 2. The third kappa shape index (κ3) is 3.45. The lowest BCUT2D eigenvalue weighted by atomic mass is 10.0. The standard InChI is InChI=1S/C19H23N5O3/c1-11-8-17(23-27-11)18-14(19(25)22-21-18)9-16-12(2)15(13(3)20-16)10-24-4-6-26-7-5-24/h8-9,20H,4-7,10H2,1-3H3,(H,22,25)/b14-9+. The lowest BCUT2D eigenvalue weighted by Crippen LogP contribution is -2.35. The summed E-state index contributed by atoms with van der Waals surface area (Å²) in [6.45, 7) is 10.2. The van der Waals surface area contributed by atoms with Crippen molar-refractivity contribution in [2.75, 3.05) is 26.3 Å². The molecule has 0 aliphatic carbocycles. The molecule has 27 heavy (non-hydrogen) atoms. The molecular weight excluding hydrogens is 346 g/mol. The first kappa shape index (κ1) is 17.7. The highest BCUT2D eigenvalue weighted by atomic mass is 16.5. The molecule has 0 saturated carbocycles. The second kappa shape index (κ2) is 7.13. The van der Waals surface area contributed by atoms with Gasteiger partial charge in [-0.25, -0.2) is 5.43 Å². The van der Waals surface area contributed by atoms with Crippen LogP contribution in [0.1, 0.15) is 34.0 Å². The maximum atomic E-state index is 12.3. The van der Waals surface area contributed by atoms with Crippen LogP contribution in [0.25, 0.3) is 6.08 Å². The Labute approximate surface area is 157 Å². The highest BCUT2D eigenvalue weighted by Crippen LogP contribution is 2.24. The lowest BCUT2D eigenvalue weighted by Gasteiger charge is -2.26. The molecule has 0 aromatic carbocycles. The van der Waals surface area contributed by atoms with E-state index in [0.717, 1.165) is 49.8 Å². The fourth-order valence-corrected chi connectivity index (χ4v) is 3.47. The van der Waals surface area contributed by atoms with Gasteiger partial charge < -0.3 is 14.2 Å². The van der Waals surface area contributed by atoms with Gasteiger partial charge in [-0.15, -0.1) is 0 Å². The van der Waals surface area contributed by atoms with Crippen LogP contribution in [-0.2, 0) is 16.1 Å². The smallest absolute Gasteiger partial charge is 0.273 e. The summed E-state index contributed by atoms with van der Waals surface area (Å²) in [4.78, 5) is 18.1. The molecule has 1 saturated heterocycles. The van der Waals surface area contributed by atoms with Gasteiger partial charge in [-0.05, 0) is 38.0 Å². The summed E-state index contributed by atoms with van der Waals surface area (Å²) in [7, 11) is 0. The van der Waals surface area contributed by atoms with Crippen LogP contribution in [0.5, 0.6) is 0 Å². The topological polar surface area (TPSA) is 95.8 Å². The predicted octanol–water partition coefficient (Wildman–Crippen LogP) is 1.68. The Kier molecular flexibility index (Phi) is 4.67. The Balaban J connectivity index is 1.64. The van der Waals surface area contributed by atoms with Gasteiger partial charge in [0.05, 0.1) is 18.8 Å². The summed E-state index contributed by atoms with van der Waals surface area (Å²) in [5, 5.41) is 8.10. The maximum absolute atomic E-state index is 12.3. The van der Waals surface area contributed by atoms with Crippen LogP contribution in [0.2, 0.25) is 0 Å². The molecule has 0 spiro atoms. The summed E-state index contributed by atoms with van der Waals surface area (Å²) in [5.41, 5.74) is 8.47. The fourth-order valence-electron chi connectivity index (χ4n) is 3.47. The molecule has 142 valence electrons. The average molecular weight is 369 g/mol. The average Bonchev–Trinajstić information content (AvgIpc) is 3.31. The second-order valence-corrected chi connectivity index (χ2v) is 6.94. The highest BCUT2D eigenvalue weighted by molar-refractivity contribution is 6.32. The van der Waals surface area contributed by atoms with Crippen LogP contribution >= 0.6 is 0 Å². The quantitative estimate of drug-likeness (QED) is 0.800. The molecule has 2 aromatic heterocycles. The van der Waals surface area contributed by atoms with Crippen molar-refractivity contribution in [3.8, 4) is 0 Å². The van der Waals surface area contributed by atoms with Crippen LogP contribution in [0.4, 0.5) is 0 Å². The van der Waals surface area contributed by atoms with Gasteiger partial charge in [0.2, 0.25) is 0 Å². The molecule has 2 aliphatic heterocycles. The van der Waals surface area contributed by atoms with Crippen molar-refractivity contribution < 1.29 is 14.1 Å². The number of hydrazone groups is 1. The Morgan fingerprint density at radius 3 is 2.74 bits per heavy atom. The Hall–Kier alpha value is -2.71. The van der Waals surface area contributed by atoms with Gasteiger partial charge >= 0.3 is 0 Å². The van der Waals surface area contributed by atoms with E-state index in [9.17, 15) is 4.79 Å². The monoisotopic (exact) mass is 369 g/mol. The summed E-state index contributed by atoms with van der Waals surface area (Å²) < 4.78 is 10.6. The van der Waals surface area contributed by atoms with Gasteiger partial charge in [0.25, 0.3) is 5.91 Å². The van der Waals surface area contributed by atoms with Crippen molar-refractivity contribution >= 4 is 17.7 Å². The zero-order chi connectivity index (χ0) is 19.0. The van der Waals surface area contributed by atoms with Crippen molar-refractivity contribution in [1.29, 1.82) is 0 Å². The van der Waals surface area contributed by atoms with Gasteiger partial charge in [-0.1, -0.05) is 5.16 Å². The van der Waals surface area contributed by atoms with E-state index in [1.165, 1.54) is 5.56 Å². The van der Waals surface area contributed by atoms with E-state index in [1.54, 1.807) is 13.0 Å². The number of hydrogen-bond acceptors (Lipinski definition) is 6. The summed E-state index contributed by atoms with van der Waals surface area (Å²) in [6.07, 6.45) is 1.84. The molecule has 1 amide bonds. The number of aromatic amines is 1. The first-order valence-corrected chi connectivity index (χ1v) is 9.05. The van der Waals surface area contributed by atoms with Crippen LogP contribution in [-0.4, -0.2) is 53.0 Å². The number of aromatic nitrogens is 2. The van der Waals surface area contributed by atoms with E-state index in [0.29, 0.717) is 22.7 Å². The number of rotatable bonds is 4. The molecule has 0 atom stereocenters. The Bertz CT molecular complexity index is 931. The van der Waals surface area contributed by atoms with Gasteiger partial charge in [0, 0.05) is 37.1 Å². The summed E-state index contributed by atoms with van der Waals surface area (Å²) >= 11 is 0. The zero-order valence-corrected chi connectivity index (χ0v) is 15.8. The number of carbonyl (C=O) groups excluding carboxylic acids is 1. The molecule has 8 nitrogen and oxygen atoms in total. The van der Waals surface area contributed by atoms with Crippen molar-refractivity contribution in [2.24, 2.45) is 5.10 Å². The molecule has 0 unspecified atom stereocenters. The molecule has 2 aliphatic rings. The van der Waals surface area contributed by atoms with Crippen molar-refractivity contribution in [2.45, 2.75) is 27.3 Å². The van der Waals surface area contributed by atoms with E-state index < -0.39 is 0 Å². The second-order valence-electron chi connectivity index (χ2n) is 6.94. The van der Waals surface area contributed by atoms with Gasteiger partial charge in [-0.2, -0.15) is 5.10 Å². The summed E-state index contributed by atoms with van der Waals surface area (Å²) in [6, 6.07) is 1.77. The number of amides is 1. The van der Waals surface area contributed by atoms with Crippen molar-refractivity contribution in [3.63, 3.8) is 0 Å². The molecule has 1 fully saturated rings. The number of morpholine rings is 1. The molecule has 2 aromatic rings. The molecule has 0 bridgehead atoms. The van der Waals surface area contributed by atoms with Crippen LogP contribution in [0.15, 0.2) is 21.3 Å². The normalized spacial score (nSPS) is 19.6. The molecule has 2 N–H and O–H groups in total. The maximum Gasteiger partial charge on any atom is 0.273 e. The largest absolute Gasteiger partial charge is 0.379 e. The molecular formula is C19H23N5O3. The fraction of sp³-hybridized carbons (Fsp3) is 0.421. The number of nitrogens with one attached hydrogen (secondary N) is 2. The molecule has 4 heterocycles. The zero-order valence-electron chi connectivity index (χ0n) is 15.8. The highest BCUT2D eigenvalue weighted by Gasteiger charge is 2.27. The Morgan fingerprint density at radius 2 is 2.04 bits per heavy atom. The van der Waals surface area contributed by atoms with Crippen LogP contribution < -0.4 is 5.43 Å². The first-order chi connectivity index (χ1) is 13.0. The molecule has 0 radical (unpaired) electrons. The molecule has 8 heteroatoms. The van der Waals surface area contributed by atoms with Crippen LogP contribution in [0.3, 0.4) is 0 Å². The van der Waals surface area contributed by atoms with E-state index in [4.69, 9.17) is 9.26 Å². The minimum absolute atomic E-state index is 0.243. The van der Waals surface area contributed by atoms with E-state index >= 15 is 0 Å². The predicted molar refractivity (Wildman–Crippen MR) is 100 cm³/mol. The number of carbonyl (C=O) groups is 1. The van der Waals surface area contributed by atoms with Gasteiger partial charge in [-0.3, -0.25) is 9.69 Å². The first-order valence-electron chi connectivity index (χ1n) is 9.05. The van der Waals surface area contributed by atoms with Gasteiger partial charge in [0.15, 0.2) is 0 Å². The Morgan fingerprint density at radius 1 is 1.26 bits per heavy atom. The van der Waals surface area contributed by atoms with Gasteiger partial charge in [0.1, 0.15) is 17.2 Å². The van der Waals surface area contributed by atoms with Crippen molar-refractivity contribution in [1.82, 2.24) is 20.5 Å². The van der Waals surface area contributed by atoms with Crippen molar-refractivity contribution in [3.05, 3.63) is 45.6 Å². The minimum Gasteiger partial charge on any atom is -0.379 e. The number of ether oxygens (including phenoxy) is 1. The number of hydrogen-bond donors (Lipinski definition) is 2. The SMILES string of the molecule is Cc1cc(C2=NNC(=O)/C2=C/c2[nH]c(C)c(CN3CCOCC3)c2C)no1. The van der Waals surface area contributed by atoms with E-state index in [1.807, 2.05) is 6.08 Å². The number of nitrogens with zero attached hydrogens (tertiary/aromatic N) is 3.